The highest BCUT2D eigenvalue weighted by Gasteiger charge is 2.06. The van der Waals surface area contributed by atoms with Crippen LogP contribution in [-0.4, -0.2) is 27.4 Å². The van der Waals surface area contributed by atoms with Crippen molar-refractivity contribution in [1.82, 2.24) is 20.3 Å². The number of H-pyrrole nitrogens is 1. The number of pyridine rings is 1. The summed E-state index contributed by atoms with van der Waals surface area (Å²) >= 11 is 1.65. The van der Waals surface area contributed by atoms with Crippen molar-refractivity contribution in [2.75, 3.05) is 6.54 Å². The van der Waals surface area contributed by atoms with E-state index in [1.54, 1.807) is 24.9 Å². The summed E-state index contributed by atoms with van der Waals surface area (Å²) < 4.78 is 0. The zero-order chi connectivity index (χ0) is 19.1. The lowest BCUT2D eigenvalue weighted by atomic mass is 10.1. The summed E-state index contributed by atoms with van der Waals surface area (Å²) in [5.74, 6) is 1.22. The van der Waals surface area contributed by atoms with Crippen molar-refractivity contribution >= 4 is 17.7 Å². The summed E-state index contributed by atoms with van der Waals surface area (Å²) in [6, 6.07) is 14.8. The van der Waals surface area contributed by atoms with Crippen LogP contribution in [0, 0.1) is 6.92 Å². The summed E-state index contributed by atoms with van der Waals surface area (Å²) in [4.78, 5) is 34.9. The number of hydrogen-bond donors (Lipinski definition) is 2. The molecule has 27 heavy (non-hydrogen) atoms. The first-order chi connectivity index (χ1) is 13.1. The van der Waals surface area contributed by atoms with E-state index in [1.165, 1.54) is 6.07 Å². The van der Waals surface area contributed by atoms with Crippen molar-refractivity contribution in [3.63, 3.8) is 0 Å². The molecule has 2 heterocycles. The monoisotopic (exact) mass is 380 g/mol. The zero-order valence-corrected chi connectivity index (χ0v) is 15.8. The Morgan fingerprint density at radius 1 is 1.19 bits per heavy atom. The number of benzene rings is 1. The molecule has 1 amide bonds. The van der Waals surface area contributed by atoms with Crippen LogP contribution in [0.4, 0.5) is 0 Å². The average Bonchev–Trinajstić information content (AvgIpc) is 2.67. The lowest BCUT2D eigenvalue weighted by Crippen LogP contribution is -2.26. The van der Waals surface area contributed by atoms with Crippen LogP contribution >= 0.6 is 11.8 Å². The molecule has 0 fully saturated rings. The molecule has 0 bridgehead atoms. The van der Waals surface area contributed by atoms with E-state index >= 15 is 0 Å². The standard InChI is InChI=1S/C20H20N4O2S/c1-14-12-18(25)24-17(23-14)9-11-22-20(26)16-7-5-15(6-8-16)13-27-19-4-2-3-10-21-19/h2-8,10,12H,9,11,13H2,1H3,(H,22,26)(H,23,24,25). The number of aromatic amines is 1. The predicted molar refractivity (Wildman–Crippen MR) is 106 cm³/mol. The number of aromatic nitrogens is 3. The number of thioether (sulfide) groups is 1. The summed E-state index contributed by atoms with van der Waals surface area (Å²) in [5.41, 5.74) is 2.22. The smallest absolute Gasteiger partial charge is 0.251 e. The molecule has 0 unspecified atom stereocenters. The van der Waals surface area contributed by atoms with Crippen molar-refractivity contribution in [2.24, 2.45) is 0 Å². The second kappa shape index (κ2) is 9.14. The highest BCUT2D eigenvalue weighted by molar-refractivity contribution is 7.98. The van der Waals surface area contributed by atoms with Gasteiger partial charge in [-0.1, -0.05) is 18.2 Å². The number of carbonyl (C=O) groups is 1. The van der Waals surface area contributed by atoms with Gasteiger partial charge in [0.05, 0.1) is 5.03 Å². The van der Waals surface area contributed by atoms with E-state index in [0.717, 1.165) is 16.3 Å². The molecule has 3 rings (SSSR count). The van der Waals surface area contributed by atoms with Gasteiger partial charge < -0.3 is 10.3 Å². The van der Waals surface area contributed by atoms with Gasteiger partial charge in [-0.2, -0.15) is 0 Å². The molecule has 0 aliphatic heterocycles. The molecule has 0 saturated carbocycles. The lowest BCUT2D eigenvalue weighted by molar-refractivity contribution is 0.0954. The Kier molecular flexibility index (Phi) is 6.38. The number of hydrogen-bond acceptors (Lipinski definition) is 5. The van der Waals surface area contributed by atoms with Crippen molar-refractivity contribution in [1.29, 1.82) is 0 Å². The highest BCUT2D eigenvalue weighted by atomic mass is 32.2. The topological polar surface area (TPSA) is 87.7 Å². The van der Waals surface area contributed by atoms with Gasteiger partial charge in [-0.15, -0.1) is 11.8 Å². The minimum Gasteiger partial charge on any atom is -0.352 e. The zero-order valence-electron chi connectivity index (χ0n) is 14.9. The lowest BCUT2D eigenvalue weighted by Gasteiger charge is -2.07. The molecular weight excluding hydrogens is 360 g/mol. The van der Waals surface area contributed by atoms with E-state index in [-0.39, 0.29) is 11.5 Å². The Hall–Kier alpha value is -2.93. The third kappa shape index (κ3) is 5.79. The molecule has 0 spiro atoms. The van der Waals surface area contributed by atoms with Gasteiger partial charge in [-0.25, -0.2) is 9.97 Å². The fraction of sp³-hybridized carbons (Fsp3) is 0.200. The van der Waals surface area contributed by atoms with Crippen molar-refractivity contribution in [3.05, 3.63) is 87.7 Å². The SMILES string of the molecule is Cc1cc(=O)[nH]c(CCNC(=O)c2ccc(CSc3ccccn3)cc2)n1. The minimum absolute atomic E-state index is 0.145. The van der Waals surface area contributed by atoms with E-state index < -0.39 is 0 Å². The fourth-order valence-corrected chi connectivity index (χ4v) is 3.32. The highest BCUT2D eigenvalue weighted by Crippen LogP contribution is 2.20. The van der Waals surface area contributed by atoms with Crippen molar-refractivity contribution in [3.8, 4) is 0 Å². The van der Waals surface area contributed by atoms with E-state index in [1.807, 2.05) is 42.5 Å². The molecule has 2 N–H and O–H groups in total. The largest absolute Gasteiger partial charge is 0.352 e. The van der Waals surface area contributed by atoms with Gasteiger partial charge in [0, 0.05) is 42.2 Å². The summed E-state index contributed by atoms with van der Waals surface area (Å²) in [5, 5.41) is 3.82. The number of aryl methyl sites for hydroxylation is 1. The molecule has 3 aromatic rings. The van der Waals surface area contributed by atoms with Crippen LogP contribution in [0.5, 0.6) is 0 Å². The molecule has 0 atom stereocenters. The van der Waals surface area contributed by atoms with Gasteiger partial charge in [-0.3, -0.25) is 9.59 Å². The number of amides is 1. The third-order valence-corrected chi connectivity index (χ3v) is 4.82. The second-order valence-electron chi connectivity index (χ2n) is 5.99. The Morgan fingerprint density at radius 2 is 2.00 bits per heavy atom. The maximum Gasteiger partial charge on any atom is 0.251 e. The molecule has 138 valence electrons. The van der Waals surface area contributed by atoms with E-state index in [0.29, 0.717) is 30.0 Å². The van der Waals surface area contributed by atoms with Gasteiger partial charge in [0.15, 0.2) is 0 Å². The first-order valence-electron chi connectivity index (χ1n) is 8.58. The summed E-state index contributed by atoms with van der Waals surface area (Å²) in [6.07, 6.45) is 2.25. The Bertz CT molecular complexity index is 956. The van der Waals surface area contributed by atoms with Gasteiger partial charge in [-0.05, 0) is 36.8 Å². The van der Waals surface area contributed by atoms with Crippen LogP contribution in [0.1, 0.15) is 27.4 Å². The van der Waals surface area contributed by atoms with Crippen LogP contribution in [0.3, 0.4) is 0 Å². The molecule has 0 aliphatic rings. The molecule has 2 aromatic heterocycles. The van der Waals surface area contributed by atoms with Gasteiger partial charge in [0.2, 0.25) is 0 Å². The van der Waals surface area contributed by atoms with Crippen molar-refractivity contribution < 1.29 is 4.79 Å². The van der Waals surface area contributed by atoms with Crippen LogP contribution in [-0.2, 0) is 12.2 Å². The van der Waals surface area contributed by atoms with Crippen LogP contribution < -0.4 is 10.9 Å². The number of rotatable bonds is 7. The fourth-order valence-electron chi connectivity index (χ4n) is 2.50. The molecule has 0 aliphatic carbocycles. The van der Waals surface area contributed by atoms with Gasteiger partial charge >= 0.3 is 0 Å². The number of nitrogens with one attached hydrogen (secondary N) is 2. The average molecular weight is 380 g/mol. The first kappa shape index (κ1) is 18.8. The summed E-state index contributed by atoms with van der Waals surface area (Å²) in [6.45, 7) is 2.17. The first-order valence-corrected chi connectivity index (χ1v) is 9.56. The minimum atomic E-state index is -0.178. The number of carbonyl (C=O) groups excluding carboxylic acids is 1. The quantitative estimate of drug-likeness (QED) is 0.616. The number of nitrogens with zero attached hydrogens (tertiary/aromatic N) is 2. The van der Waals surface area contributed by atoms with E-state index in [2.05, 4.69) is 20.3 Å². The normalized spacial score (nSPS) is 10.6. The Morgan fingerprint density at radius 3 is 2.70 bits per heavy atom. The van der Waals surface area contributed by atoms with E-state index in [9.17, 15) is 9.59 Å². The molecule has 7 heteroatoms. The molecular formula is C20H20N4O2S. The summed E-state index contributed by atoms with van der Waals surface area (Å²) in [7, 11) is 0. The Labute approximate surface area is 161 Å². The van der Waals surface area contributed by atoms with Gasteiger partial charge in [0.25, 0.3) is 11.5 Å². The molecule has 0 radical (unpaired) electrons. The molecule has 6 nitrogen and oxygen atoms in total. The third-order valence-electron chi connectivity index (χ3n) is 3.81. The Balaban J connectivity index is 1.49. The predicted octanol–water partition coefficient (Wildman–Crippen LogP) is 2.74. The molecule has 1 aromatic carbocycles. The maximum absolute atomic E-state index is 12.2. The van der Waals surface area contributed by atoms with Crippen molar-refractivity contribution in [2.45, 2.75) is 24.1 Å². The van der Waals surface area contributed by atoms with Gasteiger partial charge in [0.1, 0.15) is 5.82 Å². The van der Waals surface area contributed by atoms with Crippen LogP contribution in [0.2, 0.25) is 0 Å². The van der Waals surface area contributed by atoms with Crippen LogP contribution in [0.15, 0.2) is 64.5 Å². The van der Waals surface area contributed by atoms with Crippen LogP contribution in [0.25, 0.3) is 0 Å². The maximum atomic E-state index is 12.2. The second-order valence-corrected chi connectivity index (χ2v) is 6.99. The van der Waals surface area contributed by atoms with E-state index in [4.69, 9.17) is 0 Å². The molecule has 0 saturated heterocycles.